The van der Waals surface area contributed by atoms with Crippen molar-refractivity contribution in [2.24, 2.45) is 0 Å². The largest absolute Gasteiger partial charge is 0.481 e. The molecule has 90 valence electrons. The summed E-state index contributed by atoms with van der Waals surface area (Å²) in [6.45, 7) is 0. The predicted octanol–water partition coefficient (Wildman–Crippen LogP) is 3.39. The lowest BCUT2D eigenvalue weighted by atomic mass is 10.0. The number of ether oxygens (including phenoxy) is 1. The Morgan fingerprint density at radius 1 is 1.35 bits per heavy atom. The molecule has 1 fully saturated rings. The van der Waals surface area contributed by atoms with Crippen molar-refractivity contribution in [1.29, 1.82) is 5.26 Å². The summed E-state index contributed by atoms with van der Waals surface area (Å²) in [4.78, 5) is 5.16. The smallest absolute Gasteiger partial charge is 0.214 e. The Hall–Kier alpha value is -1.21. The third-order valence-corrected chi connectivity index (χ3v) is 4.38. The third-order valence-electron chi connectivity index (χ3n) is 2.99. The second kappa shape index (κ2) is 5.92. The van der Waals surface area contributed by atoms with Crippen molar-refractivity contribution >= 4 is 11.8 Å². The average Bonchev–Trinajstić information content (AvgIpc) is 2.40. The van der Waals surface area contributed by atoms with Crippen LogP contribution in [0.3, 0.4) is 0 Å². The van der Waals surface area contributed by atoms with Gasteiger partial charge in [-0.25, -0.2) is 4.98 Å². The molecule has 1 saturated carbocycles. The number of aromatic nitrogens is 1. The number of pyridine rings is 1. The number of hydrogen-bond acceptors (Lipinski definition) is 4. The summed E-state index contributed by atoms with van der Waals surface area (Å²) >= 11 is 1.79. The Bertz CT molecular complexity index is 422. The van der Waals surface area contributed by atoms with Crippen molar-refractivity contribution in [3.8, 4) is 11.9 Å². The lowest BCUT2D eigenvalue weighted by Crippen LogP contribution is -2.08. The topological polar surface area (TPSA) is 45.9 Å². The first-order valence-corrected chi connectivity index (χ1v) is 6.83. The van der Waals surface area contributed by atoms with Gasteiger partial charge in [0.2, 0.25) is 5.88 Å². The van der Waals surface area contributed by atoms with E-state index in [4.69, 9.17) is 10.00 Å². The van der Waals surface area contributed by atoms with Crippen LogP contribution in [0.1, 0.15) is 37.8 Å². The van der Waals surface area contributed by atoms with Gasteiger partial charge in [-0.2, -0.15) is 5.26 Å². The Balaban J connectivity index is 2.12. The van der Waals surface area contributed by atoms with Crippen LogP contribution in [0.5, 0.6) is 5.88 Å². The van der Waals surface area contributed by atoms with Gasteiger partial charge in [-0.1, -0.05) is 19.3 Å². The summed E-state index contributed by atoms with van der Waals surface area (Å²) in [5.41, 5.74) is 0.486. The van der Waals surface area contributed by atoms with E-state index < -0.39 is 0 Å². The molecule has 0 amide bonds. The van der Waals surface area contributed by atoms with Crippen molar-refractivity contribution in [2.75, 3.05) is 7.11 Å². The van der Waals surface area contributed by atoms with Crippen LogP contribution in [0.2, 0.25) is 0 Å². The van der Waals surface area contributed by atoms with E-state index in [1.807, 2.05) is 12.1 Å². The molecule has 1 aliphatic rings. The maximum Gasteiger partial charge on any atom is 0.214 e. The minimum atomic E-state index is 0.486. The molecule has 0 unspecified atom stereocenters. The molecular formula is C13H16N2OS. The van der Waals surface area contributed by atoms with Gasteiger partial charge in [0.15, 0.2) is 5.69 Å². The summed E-state index contributed by atoms with van der Waals surface area (Å²) in [5, 5.41) is 9.73. The van der Waals surface area contributed by atoms with Crippen molar-refractivity contribution in [1.82, 2.24) is 4.98 Å². The number of nitrogens with zero attached hydrogens (tertiary/aromatic N) is 2. The van der Waals surface area contributed by atoms with Gasteiger partial charge in [-0.15, -0.1) is 11.8 Å². The molecular weight excluding hydrogens is 232 g/mol. The molecule has 1 aliphatic carbocycles. The summed E-state index contributed by atoms with van der Waals surface area (Å²) < 4.78 is 5.03. The van der Waals surface area contributed by atoms with Crippen molar-refractivity contribution < 1.29 is 4.74 Å². The molecule has 0 radical (unpaired) electrons. The summed E-state index contributed by atoms with van der Waals surface area (Å²) in [6, 6.07) is 5.92. The molecule has 2 rings (SSSR count). The van der Waals surface area contributed by atoms with E-state index in [1.165, 1.54) is 32.1 Å². The van der Waals surface area contributed by atoms with Gasteiger partial charge in [-0.05, 0) is 18.9 Å². The van der Waals surface area contributed by atoms with Crippen LogP contribution in [0.15, 0.2) is 17.0 Å². The standard InChI is InChI=1S/C13H16N2OS/c1-16-13-8-7-12(11(9-14)15-13)17-10-5-3-2-4-6-10/h7-8,10H,2-6H2,1H3. The van der Waals surface area contributed by atoms with Crippen LogP contribution in [0, 0.1) is 11.3 Å². The fourth-order valence-corrected chi connectivity index (χ4v) is 3.36. The zero-order valence-corrected chi connectivity index (χ0v) is 10.8. The van der Waals surface area contributed by atoms with E-state index in [0.29, 0.717) is 16.8 Å². The maximum absolute atomic E-state index is 9.09. The highest BCUT2D eigenvalue weighted by Gasteiger charge is 2.17. The first-order valence-electron chi connectivity index (χ1n) is 5.95. The van der Waals surface area contributed by atoms with Crippen molar-refractivity contribution in [3.63, 3.8) is 0 Å². The van der Waals surface area contributed by atoms with E-state index >= 15 is 0 Å². The molecule has 0 saturated heterocycles. The number of rotatable bonds is 3. The number of thioether (sulfide) groups is 1. The third kappa shape index (κ3) is 3.13. The van der Waals surface area contributed by atoms with Crippen LogP contribution < -0.4 is 4.74 Å². The molecule has 0 aliphatic heterocycles. The quantitative estimate of drug-likeness (QED) is 0.822. The fraction of sp³-hybridized carbons (Fsp3) is 0.538. The molecule has 3 nitrogen and oxygen atoms in total. The van der Waals surface area contributed by atoms with Crippen LogP contribution in [0.25, 0.3) is 0 Å². The summed E-state index contributed by atoms with van der Waals surface area (Å²) in [7, 11) is 1.57. The molecule has 0 N–H and O–H groups in total. The highest BCUT2D eigenvalue weighted by atomic mass is 32.2. The van der Waals surface area contributed by atoms with E-state index in [1.54, 1.807) is 18.9 Å². The van der Waals surface area contributed by atoms with Gasteiger partial charge >= 0.3 is 0 Å². The van der Waals surface area contributed by atoms with Crippen LogP contribution in [-0.2, 0) is 0 Å². The normalized spacial score (nSPS) is 16.5. The van der Waals surface area contributed by atoms with Crippen LogP contribution in [-0.4, -0.2) is 17.3 Å². The van der Waals surface area contributed by atoms with Gasteiger partial charge in [-0.3, -0.25) is 0 Å². The molecule has 0 spiro atoms. The fourth-order valence-electron chi connectivity index (χ4n) is 2.08. The highest BCUT2D eigenvalue weighted by molar-refractivity contribution is 8.00. The predicted molar refractivity (Wildman–Crippen MR) is 68.2 cm³/mol. The monoisotopic (exact) mass is 248 g/mol. The van der Waals surface area contributed by atoms with Gasteiger partial charge in [0, 0.05) is 16.2 Å². The minimum Gasteiger partial charge on any atom is -0.481 e. The molecule has 0 atom stereocenters. The van der Waals surface area contributed by atoms with Gasteiger partial charge in [0.05, 0.1) is 7.11 Å². The Morgan fingerprint density at radius 2 is 2.12 bits per heavy atom. The lowest BCUT2D eigenvalue weighted by Gasteiger charge is -2.21. The van der Waals surface area contributed by atoms with Crippen molar-refractivity contribution in [2.45, 2.75) is 42.2 Å². The van der Waals surface area contributed by atoms with Crippen molar-refractivity contribution in [3.05, 3.63) is 17.8 Å². The molecule has 4 heteroatoms. The van der Waals surface area contributed by atoms with E-state index in [9.17, 15) is 0 Å². The van der Waals surface area contributed by atoms with E-state index in [-0.39, 0.29) is 0 Å². The maximum atomic E-state index is 9.09. The average molecular weight is 248 g/mol. The van der Waals surface area contributed by atoms with Crippen LogP contribution >= 0.6 is 11.8 Å². The van der Waals surface area contributed by atoms with Gasteiger partial charge < -0.3 is 4.74 Å². The van der Waals surface area contributed by atoms with E-state index in [0.717, 1.165) is 4.90 Å². The number of hydrogen-bond donors (Lipinski definition) is 0. The Labute approximate surface area is 106 Å². The molecule has 1 aromatic heterocycles. The highest BCUT2D eigenvalue weighted by Crippen LogP contribution is 2.35. The number of nitriles is 1. The first-order chi connectivity index (χ1) is 8.33. The summed E-state index contributed by atoms with van der Waals surface area (Å²) in [5.74, 6) is 0.509. The zero-order valence-electron chi connectivity index (χ0n) is 9.98. The van der Waals surface area contributed by atoms with E-state index in [2.05, 4.69) is 11.1 Å². The lowest BCUT2D eigenvalue weighted by molar-refractivity contribution is 0.396. The Morgan fingerprint density at radius 3 is 2.76 bits per heavy atom. The molecule has 17 heavy (non-hydrogen) atoms. The zero-order chi connectivity index (χ0) is 12.1. The first kappa shape index (κ1) is 12.3. The van der Waals surface area contributed by atoms with Gasteiger partial charge in [0.25, 0.3) is 0 Å². The summed E-state index contributed by atoms with van der Waals surface area (Å²) in [6.07, 6.45) is 6.47. The second-order valence-electron chi connectivity index (χ2n) is 4.19. The molecule has 1 aromatic rings. The number of methoxy groups -OCH3 is 1. The Kier molecular flexibility index (Phi) is 4.27. The molecule has 1 heterocycles. The molecule has 0 bridgehead atoms. The van der Waals surface area contributed by atoms with Crippen LogP contribution in [0.4, 0.5) is 0 Å². The molecule has 0 aromatic carbocycles. The second-order valence-corrected chi connectivity index (χ2v) is 5.53. The van der Waals surface area contributed by atoms with Gasteiger partial charge in [0.1, 0.15) is 6.07 Å². The SMILES string of the molecule is COc1ccc(SC2CCCCC2)c(C#N)n1. The minimum absolute atomic E-state index is 0.486.